The largest absolute Gasteiger partial charge is 0.421 e. The number of carbonyl (C=O) groups excluding carboxylic acids is 1. The molecule has 2 aromatic heterocycles. The minimum Gasteiger partial charge on any atom is -0.421 e. The summed E-state index contributed by atoms with van der Waals surface area (Å²) >= 11 is 0. The molecule has 0 bridgehead atoms. The summed E-state index contributed by atoms with van der Waals surface area (Å²) in [6, 6.07) is 7.87. The van der Waals surface area contributed by atoms with Crippen LogP contribution in [0.5, 0.6) is 0 Å². The van der Waals surface area contributed by atoms with E-state index in [2.05, 4.69) is 32.4 Å². The second-order valence-electron chi connectivity index (χ2n) is 8.17. The normalized spacial score (nSPS) is 23.2. The molecule has 0 radical (unpaired) electrons. The van der Waals surface area contributed by atoms with Crippen molar-refractivity contribution in [3.8, 4) is 11.5 Å². The average Bonchev–Trinajstić information content (AvgIpc) is 3.49. The van der Waals surface area contributed by atoms with Crippen molar-refractivity contribution in [1.29, 1.82) is 0 Å². The average molecular weight is 404 g/mol. The van der Waals surface area contributed by atoms with Crippen LogP contribution in [0.2, 0.25) is 0 Å². The molecule has 0 unspecified atom stereocenters. The van der Waals surface area contributed by atoms with Gasteiger partial charge in [0.1, 0.15) is 0 Å². The van der Waals surface area contributed by atoms with Gasteiger partial charge in [-0.3, -0.25) is 4.79 Å². The molecule has 3 heterocycles. The quantitative estimate of drug-likeness (QED) is 0.707. The Kier molecular flexibility index (Phi) is 4.49. The van der Waals surface area contributed by atoms with Gasteiger partial charge in [-0.25, -0.2) is 9.97 Å². The van der Waals surface area contributed by atoms with Gasteiger partial charge in [-0.2, -0.15) is 0 Å². The number of anilines is 2. The van der Waals surface area contributed by atoms with Crippen LogP contribution in [-0.2, 0) is 4.79 Å². The molecule has 0 saturated heterocycles. The number of nitrogens with one attached hydrogen (secondary N) is 1. The number of hydrogen-bond acceptors (Lipinski definition) is 7. The minimum absolute atomic E-state index is 0.0485. The molecule has 1 saturated carbocycles. The fraction of sp³-hybridized carbons (Fsp3) is 0.409. The lowest BCUT2D eigenvalue weighted by Gasteiger charge is -2.45. The summed E-state index contributed by atoms with van der Waals surface area (Å²) < 4.78 is 5.64. The summed E-state index contributed by atoms with van der Waals surface area (Å²) in [5.74, 6) is 2.33. The Balaban J connectivity index is 1.64. The van der Waals surface area contributed by atoms with E-state index in [9.17, 15) is 4.79 Å². The van der Waals surface area contributed by atoms with Crippen molar-refractivity contribution in [2.24, 2.45) is 11.8 Å². The van der Waals surface area contributed by atoms with Gasteiger partial charge >= 0.3 is 0 Å². The highest BCUT2D eigenvalue weighted by molar-refractivity contribution is 5.94. The Morgan fingerprint density at radius 3 is 2.60 bits per heavy atom. The molecule has 1 aromatic carbocycles. The standard InChI is InChI=1S/C22H24N6O2/c1-12-19(25-22-23-9-4-10-24-22)17-11-16(21-27-26-13(2)30-21)7-8-18(17)28(14(3)29)20(12)15-5-6-15/h4,7-12,15,19-20H,5-6H2,1-3H3,(H,23,24,25)/t12-,19-,20-/m1/s1. The van der Waals surface area contributed by atoms with E-state index in [1.54, 1.807) is 32.3 Å². The lowest BCUT2D eigenvalue weighted by Crippen LogP contribution is -2.51. The van der Waals surface area contributed by atoms with Crippen LogP contribution in [0.4, 0.5) is 11.6 Å². The number of rotatable bonds is 4. The Morgan fingerprint density at radius 2 is 1.97 bits per heavy atom. The maximum absolute atomic E-state index is 12.7. The number of nitrogens with zero attached hydrogens (tertiary/aromatic N) is 5. The van der Waals surface area contributed by atoms with Crippen molar-refractivity contribution in [3.05, 3.63) is 48.1 Å². The minimum atomic E-state index is -0.0485. The molecular formula is C22H24N6O2. The number of benzene rings is 1. The van der Waals surface area contributed by atoms with E-state index in [1.165, 1.54) is 0 Å². The van der Waals surface area contributed by atoms with Crippen LogP contribution in [0, 0.1) is 18.8 Å². The fourth-order valence-corrected chi connectivity index (χ4v) is 4.62. The molecule has 3 atom stereocenters. The Bertz CT molecular complexity index is 1080. The van der Waals surface area contributed by atoms with Gasteiger partial charge in [0.2, 0.25) is 23.6 Å². The number of fused-ring (bicyclic) bond motifs is 1. The molecule has 1 aliphatic heterocycles. The summed E-state index contributed by atoms with van der Waals surface area (Å²) in [4.78, 5) is 23.4. The molecule has 1 aliphatic carbocycles. The van der Waals surface area contributed by atoms with Crippen LogP contribution >= 0.6 is 0 Å². The zero-order valence-electron chi connectivity index (χ0n) is 17.2. The van der Waals surface area contributed by atoms with E-state index in [0.717, 1.165) is 29.7 Å². The van der Waals surface area contributed by atoms with E-state index < -0.39 is 0 Å². The van der Waals surface area contributed by atoms with Gasteiger partial charge in [0.05, 0.1) is 6.04 Å². The summed E-state index contributed by atoms with van der Waals surface area (Å²) in [5.41, 5.74) is 2.76. The van der Waals surface area contributed by atoms with Gasteiger partial charge < -0.3 is 14.6 Å². The van der Waals surface area contributed by atoms with Gasteiger partial charge in [0, 0.05) is 49.5 Å². The maximum Gasteiger partial charge on any atom is 0.247 e. The van der Waals surface area contributed by atoms with E-state index in [4.69, 9.17) is 4.42 Å². The lowest BCUT2D eigenvalue weighted by atomic mass is 9.79. The zero-order valence-corrected chi connectivity index (χ0v) is 17.2. The predicted octanol–water partition coefficient (Wildman–Crippen LogP) is 3.77. The van der Waals surface area contributed by atoms with Crippen molar-refractivity contribution in [2.45, 2.75) is 45.7 Å². The van der Waals surface area contributed by atoms with Gasteiger partial charge in [-0.1, -0.05) is 6.92 Å². The molecule has 0 spiro atoms. The number of amides is 1. The molecule has 2 aliphatic rings. The van der Waals surface area contributed by atoms with Crippen LogP contribution in [0.3, 0.4) is 0 Å². The molecule has 8 nitrogen and oxygen atoms in total. The predicted molar refractivity (Wildman–Crippen MR) is 112 cm³/mol. The topological polar surface area (TPSA) is 97.0 Å². The van der Waals surface area contributed by atoms with Gasteiger partial charge in [-0.05, 0) is 48.6 Å². The van der Waals surface area contributed by atoms with Crippen LogP contribution in [0.1, 0.15) is 44.2 Å². The number of hydrogen-bond donors (Lipinski definition) is 1. The number of carbonyl (C=O) groups is 1. The molecule has 1 amide bonds. The van der Waals surface area contributed by atoms with Crippen molar-refractivity contribution in [1.82, 2.24) is 20.2 Å². The van der Waals surface area contributed by atoms with Crippen LogP contribution in [-0.4, -0.2) is 32.1 Å². The molecule has 1 fully saturated rings. The molecule has 3 aromatic rings. The van der Waals surface area contributed by atoms with Crippen LogP contribution in [0.15, 0.2) is 41.1 Å². The highest BCUT2D eigenvalue weighted by atomic mass is 16.4. The summed E-state index contributed by atoms with van der Waals surface area (Å²) in [6.45, 7) is 5.62. The van der Waals surface area contributed by atoms with Crippen LogP contribution < -0.4 is 10.2 Å². The zero-order chi connectivity index (χ0) is 20.8. The van der Waals surface area contributed by atoms with Crippen LogP contribution in [0.25, 0.3) is 11.5 Å². The van der Waals surface area contributed by atoms with Gasteiger partial charge in [-0.15, -0.1) is 10.2 Å². The maximum atomic E-state index is 12.7. The molecule has 30 heavy (non-hydrogen) atoms. The Hall–Kier alpha value is -3.29. The SMILES string of the molecule is CC(=O)N1c2ccc(-c3nnc(C)o3)cc2[C@H](Nc2ncccn2)[C@@H](C)[C@@H]1C1CC1. The first-order chi connectivity index (χ1) is 14.5. The number of aromatic nitrogens is 4. The number of aryl methyl sites for hydroxylation is 1. The first-order valence-electron chi connectivity index (χ1n) is 10.3. The van der Waals surface area contributed by atoms with Gasteiger partial charge in [0.15, 0.2) is 0 Å². The molecule has 154 valence electrons. The third-order valence-electron chi connectivity index (χ3n) is 6.05. The highest BCUT2D eigenvalue weighted by Gasteiger charge is 2.47. The van der Waals surface area contributed by atoms with Crippen molar-refractivity contribution < 1.29 is 9.21 Å². The van der Waals surface area contributed by atoms with E-state index in [1.807, 2.05) is 23.1 Å². The van der Waals surface area contributed by atoms with E-state index >= 15 is 0 Å². The summed E-state index contributed by atoms with van der Waals surface area (Å²) in [5, 5.41) is 11.6. The first kappa shape index (κ1) is 18.7. The third-order valence-corrected chi connectivity index (χ3v) is 6.05. The molecule has 5 rings (SSSR count). The van der Waals surface area contributed by atoms with Crippen molar-refractivity contribution in [3.63, 3.8) is 0 Å². The van der Waals surface area contributed by atoms with Crippen molar-refractivity contribution >= 4 is 17.5 Å². The van der Waals surface area contributed by atoms with E-state index in [-0.39, 0.29) is 23.9 Å². The third kappa shape index (κ3) is 3.22. The smallest absolute Gasteiger partial charge is 0.247 e. The summed E-state index contributed by atoms with van der Waals surface area (Å²) in [6.07, 6.45) is 5.76. The fourth-order valence-electron chi connectivity index (χ4n) is 4.62. The molecule has 8 heteroatoms. The Morgan fingerprint density at radius 1 is 1.20 bits per heavy atom. The first-order valence-corrected chi connectivity index (χ1v) is 10.3. The molecular weight excluding hydrogens is 380 g/mol. The summed E-state index contributed by atoms with van der Waals surface area (Å²) in [7, 11) is 0. The highest BCUT2D eigenvalue weighted by Crippen LogP contribution is 2.50. The Labute approximate surface area is 174 Å². The van der Waals surface area contributed by atoms with E-state index in [0.29, 0.717) is 23.6 Å². The monoisotopic (exact) mass is 404 g/mol. The second kappa shape index (κ2) is 7.19. The van der Waals surface area contributed by atoms with Crippen molar-refractivity contribution in [2.75, 3.05) is 10.2 Å². The second-order valence-corrected chi connectivity index (χ2v) is 8.17. The van der Waals surface area contributed by atoms with Gasteiger partial charge in [0.25, 0.3) is 0 Å². The molecule has 1 N–H and O–H groups in total. The lowest BCUT2D eigenvalue weighted by molar-refractivity contribution is -0.117.